The molecule has 3 atom stereocenters. The van der Waals surface area contributed by atoms with Crippen LogP contribution in [0.1, 0.15) is 19.3 Å². The smallest absolute Gasteiger partial charge is 0.239 e. The molecule has 0 radical (unpaired) electrons. The third-order valence-electron chi connectivity index (χ3n) is 3.79. The van der Waals surface area contributed by atoms with E-state index in [4.69, 9.17) is 9.47 Å². The van der Waals surface area contributed by atoms with E-state index in [1.807, 2.05) is 0 Å². The molecular formula is C12H20N2O3. The fourth-order valence-electron chi connectivity index (χ4n) is 2.67. The van der Waals surface area contributed by atoms with E-state index in [0.717, 1.165) is 19.6 Å². The Kier molecular flexibility index (Phi) is 3.31. The maximum Gasteiger partial charge on any atom is 0.239 e. The first-order valence-electron chi connectivity index (χ1n) is 6.58. The fourth-order valence-corrected chi connectivity index (χ4v) is 2.67. The van der Waals surface area contributed by atoms with E-state index in [1.165, 1.54) is 12.8 Å². The number of carbonyl (C=O) groups excluding carboxylic acids is 1. The zero-order valence-corrected chi connectivity index (χ0v) is 9.98. The summed E-state index contributed by atoms with van der Waals surface area (Å²) in [5.41, 5.74) is 0. The van der Waals surface area contributed by atoms with E-state index < -0.39 is 0 Å². The molecule has 0 bridgehead atoms. The summed E-state index contributed by atoms with van der Waals surface area (Å²) >= 11 is 0. The summed E-state index contributed by atoms with van der Waals surface area (Å²) in [5.74, 6) is 0.740. The molecule has 0 spiro atoms. The van der Waals surface area contributed by atoms with Crippen molar-refractivity contribution in [2.24, 2.45) is 5.92 Å². The van der Waals surface area contributed by atoms with Crippen molar-refractivity contribution in [2.75, 3.05) is 26.4 Å². The lowest BCUT2D eigenvalue weighted by Crippen LogP contribution is -2.54. The number of ether oxygens (including phenoxy) is 2. The summed E-state index contributed by atoms with van der Waals surface area (Å²) in [6.45, 7) is 2.71. The summed E-state index contributed by atoms with van der Waals surface area (Å²) in [5, 5.41) is 6.29. The number of morpholine rings is 1. The fraction of sp³-hybridized carbons (Fsp3) is 0.917. The molecule has 2 saturated heterocycles. The monoisotopic (exact) mass is 240 g/mol. The molecule has 5 nitrogen and oxygen atoms in total. The van der Waals surface area contributed by atoms with Gasteiger partial charge in [0.2, 0.25) is 5.91 Å². The second-order valence-electron chi connectivity index (χ2n) is 5.16. The zero-order chi connectivity index (χ0) is 11.7. The van der Waals surface area contributed by atoms with Crippen LogP contribution in [0.4, 0.5) is 0 Å². The minimum Gasteiger partial charge on any atom is -0.378 e. The molecule has 3 fully saturated rings. The van der Waals surface area contributed by atoms with E-state index in [9.17, 15) is 4.79 Å². The van der Waals surface area contributed by atoms with Gasteiger partial charge in [0.05, 0.1) is 25.4 Å². The third-order valence-corrected chi connectivity index (χ3v) is 3.79. The maximum atomic E-state index is 12.0. The Morgan fingerprint density at radius 2 is 2.12 bits per heavy atom. The van der Waals surface area contributed by atoms with Crippen LogP contribution < -0.4 is 10.6 Å². The van der Waals surface area contributed by atoms with Crippen LogP contribution in [0.15, 0.2) is 0 Å². The number of hydrogen-bond acceptors (Lipinski definition) is 4. The van der Waals surface area contributed by atoms with Gasteiger partial charge in [0.15, 0.2) is 0 Å². The van der Waals surface area contributed by atoms with Gasteiger partial charge in [0, 0.05) is 13.2 Å². The number of carbonyl (C=O) groups is 1. The average molecular weight is 240 g/mol. The van der Waals surface area contributed by atoms with Gasteiger partial charge < -0.3 is 20.1 Å². The van der Waals surface area contributed by atoms with Gasteiger partial charge in [0.1, 0.15) is 6.04 Å². The van der Waals surface area contributed by atoms with Crippen molar-refractivity contribution >= 4 is 5.91 Å². The Morgan fingerprint density at radius 1 is 1.24 bits per heavy atom. The van der Waals surface area contributed by atoms with Crippen LogP contribution >= 0.6 is 0 Å². The van der Waals surface area contributed by atoms with Crippen molar-refractivity contribution in [1.82, 2.24) is 10.6 Å². The highest BCUT2D eigenvalue weighted by Gasteiger charge is 2.41. The lowest BCUT2D eigenvalue weighted by atomic mass is 10.1. The Hall–Kier alpha value is -0.650. The van der Waals surface area contributed by atoms with Crippen molar-refractivity contribution in [3.63, 3.8) is 0 Å². The normalized spacial score (nSPS) is 38.0. The van der Waals surface area contributed by atoms with Crippen molar-refractivity contribution in [3.8, 4) is 0 Å². The van der Waals surface area contributed by atoms with Crippen LogP contribution in [-0.2, 0) is 14.3 Å². The Labute approximate surface area is 101 Å². The molecule has 2 heterocycles. The van der Waals surface area contributed by atoms with Gasteiger partial charge in [-0.2, -0.15) is 0 Å². The molecule has 3 aliphatic rings. The first-order chi connectivity index (χ1) is 8.34. The van der Waals surface area contributed by atoms with Crippen LogP contribution in [0.5, 0.6) is 0 Å². The molecular weight excluding hydrogens is 220 g/mol. The van der Waals surface area contributed by atoms with Gasteiger partial charge in [-0.25, -0.2) is 0 Å². The Bertz CT molecular complexity index is 287. The van der Waals surface area contributed by atoms with Crippen molar-refractivity contribution in [1.29, 1.82) is 0 Å². The molecule has 3 rings (SSSR count). The molecule has 1 aliphatic carbocycles. The van der Waals surface area contributed by atoms with Gasteiger partial charge in [-0.1, -0.05) is 0 Å². The van der Waals surface area contributed by atoms with E-state index in [2.05, 4.69) is 10.6 Å². The quantitative estimate of drug-likeness (QED) is 0.708. The predicted octanol–water partition coefficient (Wildman–Crippen LogP) is -0.341. The van der Waals surface area contributed by atoms with Crippen LogP contribution in [0.25, 0.3) is 0 Å². The highest BCUT2D eigenvalue weighted by atomic mass is 16.5. The molecule has 0 aromatic rings. The summed E-state index contributed by atoms with van der Waals surface area (Å²) in [6, 6.07) is 0.0166. The second-order valence-corrected chi connectivity index (χ2v) is 5.16. The molecule has 3 unspecified atom stereocenters. The maximum absolute atomic E-state index is 12.0. The lowest BCUT2D eigenvalue weighted by molar-refractivity contribution is -0.127. The minimum atomic E-state index is -0.191. The van der Waals surface area contributed by atoms with Gasteiger partial charge >= 0.3 is 0 Å². The van der Waals surface area contributed by atoms with Gasteiger partial charge in [-0.3, -0.25) is 4.79 Å². The number of rotatable bonds is 3. The average Bonchev–Trinajstić information content (AvgIpc) is 3.11. The van der Waals surface area contributed by atoms with E-state index in [1.54, 1.807) is 0 Å². The topological polar surface area (TPSA) is 59.6 Å². The zero-order valence-electron chi connectivity index (χ0n) is 9.98. The number of hydrogen-bond donors (Lipinski definition) is 2. The molecule has 0 aromatic heterocycles. The second kappa shape index (κ2) is 4.92. The molecule has 2 N–H and O–H groups in total. The molecule has 17 heavy (non-hydrogen) atoms. The standard InChI is InChI=1S/C12H20N2O3/c15-12(10-7-16-6-4-13-10)14-9-3-5-17-11(9)8-1-2-8/h8-11,13H,1-7H2,(H,14,15). The van der Waals surface area contributed by atoms with E-state index in [0.29, 0.717) is 19.1 Å². The molecule has 5 heteroatoms. The Morgan fingerprint density at radius 3 is 2.82 bits per heavy atom. The molecule has 2 aliphatic heterocycles. The van der Waals surface area contributed by atoms with Crippen molar-refractivity contribution in [2.45, 2.75) is 37.5 Å². The molecule has 96 valence electrons. The number of amides is 1. The van der Waals surface area contributed by atoms with Crippen LogP contribution in [0.3, 0.4) is 0 Å². The highest BCUT2D eigenvalue weighted by Crippen LogP contribution is 2.38. The van der Waals surface area contributed by atoms with E-state index >= 15 is 0 Å². The summed E-state index contributed by atoms with van der Waals surface area (Å²) in [6.07, 6.45) is 3.70. The van der Waals surface area contributed by atoms with Gasteiger partial charge in [-0.15, -0.1) is 0 Å². The third kappa shape index (κ3) is 2.61. The van der Waals surface area contributed by atoms with Crippen LogP contribution in [-0.4, -0.2) is 50.5 Å². The first kappa shape index (κ1) is 11.4. The lowest BCUT2D eigenvalue weighted by Gasteiger charge is -2.26. The first-order valence-corrected chi connectivity index (χ1v) is 6.58. The summed E-state index contributed by atoms with van der Waals surface area (Å²) < 4.78 is 11.0. The largest absolute Gasteiger partial charge is 0.378 e. The van der Waals surface area contributed by atoms with E-state index in [-0.39, 0.29) is 24.1 Å². The molecule has 1 saturated carbocycles. The summed E-state index contributed by atoms with van der Waals surface area (Å²) in [7, 11) is 0. The molecule has 0 aromatic carbocycles. The van der Waals surface area contributed by atoms with Gasteiger partial charge in [-0.05, 0) is 25.2 Å². The van der Waals surface area contributed by atoms with Crippen molar-refractivity contribution in [3.05, 3.63) is 0 Å². The van der Waals surface area contributed by atoms with Crippen molar-refractivity contribution < 1.29 is 14.3 Å². The van der Waals surface area contributed by atoms with Gasteiger partial charge in [0.25, 0.3) is 0 Å². The van der Waals surface area contributed by atoms with Crippen LogP contribution in [0, 0.1) is 5.92 Å². The summed E-state index contributed by atoms with van der Waals surface area (Å²) in [4.78, 5) is 12.0. The number of nitrogens with one attached hydrogen (secondary N) is 2. The highest BCUT2D eigenvalue weighted by molar-refractivity contribution is 5.82. The minimum absolute atomic E-state index is 0.0610. The van der Waals surface area contributed by atoms with Crippen LogP contribution in [0.2, 0.25) is 0 Å². The SMILES string of the molecule is O=C(NC1CCOC1C1CC1)C1COCCN1. The Balaban J connectivity index is 1.52. The molecule has 1 amide bonds. The predicted molar refractivity (Wildman–Crippen MR) is 61.6 cm³/mol.